The Kier molecular flexibility index (Phi) is 7.36. The maximum Gasteiger partial charge on any atom is 0.191 e. The topological polar surface area (TPSA) is 70.0 Å². The van der Waals surface area contributed by atoms with Crippen LogP contribution in [0.4, 0.5) is 0 Å². The lowest BCUT2D eigenvalue weighted by Crippen LogP contribution is -2.39. The van der Waals surface area contributed by atoms with Crippen molar-refractivity contribution in [1.29, 1.82) is 0 Å². The SMILES string of the molecule is CN=C(NCCc1c[nH]c2cc(C)ccc12)NCCn1c(C)nc2ccccc21.I. The Morgan fingerprint density at radius 2 is 1.90 bits per heavy atom. The summed E-state index contributed by atoms with van der Waals surface area (Å²) in [5.41, 5.74) is 6.01. The number of hydrogen-bond donors (Lipinski definition) is 3. The Balaban J connectivity index is 0.00000256. The number of nitrogens with one attached hydrogen (secondary N) is 3. The number of imidazole rings is 1. The molecule has 0 amide bonds. The number of aliphatic imine (C=N–C) groups is 1. The fourth-order valence-electron chi connectivity index (χ4n) is 3.81. The van der Waals surface area contributed by atoms with Gasteiger partial charge in [-0.1, -0.05) is 24.3 Å². The summed E-state index contributed by atoms with van der Waals surface area (Å²) in [5.74, 6) is 1.85. The van der Waals surface area contributed by atoms with Gasteiger partial charge >= 0.3 is 0 Å². The molecule has 4 aromatic rings. The molecule has 2 heterocycles. The number of para-hydroxylation sites is 2. The number of halogens is 1. The minimum Gasteiger partial charge on any atom is -0.361 e. The lowest BCUT2D eigenvalue weighted by molar-refractivity contribution is 0.660. The van der Waals surface area contributed by atoms with Gasteiger partial charge < -0.3 is 20.2 Å². The number of nitrogens with zero attached hydrogens (tertiary/aromatic N) is 3. The van der Waals surface area contributed by atoms with E-state index in [9.17, 15) is 0 Å². The highest BCUT2D eigenvalue weighted by Gasteiger charge is 2.07. The van der Waals surface area contributed by atoms with Gasteiger partial charge in [-0.2, -0.15) is 0 Å². The molecular formula is C23H29IN6. The number of aromatic nitrogens is 3. The molecule has 6 nitrogen and oxygen atoms in total. The second-order valence-corrected chi connectivity index (χ2v) is 7.34. The molecule has 0 bridgehead atoms. The second-order valence-electron chi connectivity index (χ2n) is 7.34. The van der Waals surface area contributed by atoms with Crippen LogP contribution >= 0.6 is 24.0 Å². The molecule has 2 aromatic heterocycles. The first-order valence-corrected chi connectivity index (χ1v) is 10.1. The zero-order chi connectivity index (χ0) is 20.2. The highest BCUT2D eigenvalue weighted by atomic mass is 127. The highest BCUT2D eigenvalue weighted by molar-refractivity contribution is 14.0. The van der Waals surface area contributed by atoms with Gasteiger partial charge in [0.05, 0.1) is 11.0 Å². The molecule has 0 saturated carbocycles. The molecular weight excluding hydrogens is 487 g/mol. The number of benzene rings is 2. The first-order valence-electron chi connectivity index (χ1n) is 10.1. The molecule has 3 N–H and O–H groups in total. The van der Waals surface area contributed by atoms with Gasteiger partial charge in [0.25, 0.3) is 0 Å². The monoisotopic (exact) mass is 516 g/mol. The number of aromatic amines is 1. The van der Waals surface area contributed by atoms with Crippen molar-refractivity contribution >= 4 is 51.9 Å². The Morgan fingerprint density at radius 3 is 2.73 bits per heavy atom. The molecule has 0 unspecified atom stereocenters. The Morgan fingerprint density at radius 1 is 1.10 bits per heavy atom. The van der Waals surface area contributed by atoms with E-state index in [2.05, 4.69) is 86.6 Å². The number of H-pyrrole nitrogens is 1. The largest absolute Gasteiger partial charge is 0.361 e. The Bertz CT molecular complexity index is 1160. The third-order valence-electron chi connectivity index (χ3n) is 5.31. The second kappa shape index (κ2) is 9.97. The number of rotatable bonds is 6. The minimum atomic E-state index is 0. The van der Waals surface area contributed by atoms with Crippen molar-refractivity contribution in [3.05, 3.63) is 65.6 Å². The minimum absolute atomic E-state index is 0. The van der Waals surface area contributed by atoms with E-state index < -0.39 is 0 Å². The molecule has 0 saturated heterocycles. The van der Waals surface area contributed by atoms with E-state index in [0.29, 0.717) is 0 Å². The van der Waals surface area contributed by atoms with E-state index in [1.54, 1.807) is 0 Å². The predicted molar refractivity (Wildman–Crippen MR) is 136 cm³/mol. The summed E-state index contributed by atoms with van der Waals surface area (Å²) in [5, 5.41) is 8.12. The fourth-order valence-corrected chi connectivity index (χ4v) is 3.81. The van der Waals surface area contributed by atoms with Crippen molar-refractivity contribution in [2.45, 2.75) is 26.8 Å². The molecule has 0 atom stereocenters. The summed E-state index contributed by atoms with van der Waals surface area (Å²) < 4.78 is 2.24. The predicted octanol–water partition coefficient (Wildman–Crippen LogP) is 4.16. The van der Waals surface area contributed by atoms with Crippen molar-refractivity contribution in [1.82, 2.24) is 25.2 Å². The zero-order valence-corrected chi connectivity index (χ0v) is 20.0. The van der Waals surface area contributed by atoms with Crippen LogP contribution in [0.3, 0.4) is 0 Å². The average Bonchev–Trinajstić information content (AvgIpc) is 3.26. The highest BCUT2D eigenvalue weighted by Crippen LogP contribution is 2.19. The summed E-state index contributed by atoms with van der Waals surface area (Å²) >= 11 is 0. The van der Waals surface area contributed by atoms with Crippen molar-refractivity contribution in [3.63, 3.8) is 0 Å². The van der Waals surface area contributed by atoms with Crippen LogP contribution in [0.2, 0.25) is 0 Å². The molecule has 0 aliphatic carbocycles. The third kappa shape index (κ3) is 4.77. The maximum absolute atomic E-state index is 4.63. The van der Waals surface area contributed by atoms with Crippen molar-refractivity contribution < 1.29 is 0 Å². The Hall–Kier alpha value is -2.55. The smallest absolute Gasteiger partial charge is 0.191 e. The molecule has 0 radical (unpaired) electrons. The zero-order valence-electron chi connectivity index (χ0n) is 17.7. The molecule has 4 rings (SSSR count). The maximum atomic E-state index is 4.63. The fraction of sp³-hybridized carbons (Fsp3) is 0.304. The molecule has 2 aromatic carbocycles. The molecule has 0 spiro atoms. The first-order chi connectivity index (χ1) is 14.2. The van der Waals surface area contributed by atoms with E-state index in [-0.39, 0.29) is 24.0 Å². The Labute approximate surface area is 194 Å². The molecule has 0 fully saturated rings. The van der Waals surface area contributed by atoms with Crippen LogP contribution < -0.4 is 10.6 Å². The quantitative estimate of drug-likeness (QED) is 0.205. The van der Waals surface area contributed by atoms with E-state index in [4.69, 9.17) is 0 Å². The van der Waals surface area contributed by atoms with Crippen LogP contribution in [0.15, 0.2) is 53.7 Å². The molecule has 30 heavy (non-hydrogen) atoms. The third-order valence-corrected chi connectivity index (χ3v) is 5.31. The summed E-state index contributed by atoms with van der Waals surface area (Å²) in [4.78, 5) is 12.3. The normalized spacial score (nSPS) is 11.6. The van der Waals surface area contributed by atoms with Crippen molar-refractivity contribution in [2.75, 3.05) is 20.1 Å². The molecule has 0 aliphatic rings. The van der Waals surface area contributed by atoms with E-state index in [1.165, 1.54) is 27.5 Å². The van der Waals surface area contributed by atoms with E-state index in [1.807, 2.05) is 13.1 Å². The van der Waals surface area contributed by atoms with E-state index >= 15 is 0 Å². The number of hydrogen-bond acceptors (Lipinski definition) is 2. The summed E-state index contributed by atoms with van der Waals surface area (Å²) in [6.07, 6.45) is 3.05. The van der Waals surface area contributed by atoms with Gasteiger partial charge in [-0.15, -0.1) is 24.0 Å². The van der Waals surface area contributed by atoms with Crippen LogP contribution in [0.5, 0.6) is 0 Å². The van der Waals surface area contributed by atoms with Gasteiger partial charge in [-0.3, -0.25) is 4.99 Å². The van der Waals surface area contributed by atoms with Crippen molar-refractivity contribution in [2.24, 2.45) is 4.99 Å². The standard InChI is InChI=1S/C23H28N6.HI/c1-16-8-9-19-18(15-27-21(19)14-16)10-11-25-23(24-3)26-12-13-29-17(2)28-20-6-4-5-7-22(20)29;/h4-9,14-15,27H,10-13H2,1-3H3,(H2,24,25,26);1H. The first kappa shape index (κ1) is 22.1. The van der Waals surface area contributed by atoms with Crippen LogP contribution in [0.25, 0.3) is 21.9 Å². The molecule has 7 heteroatoms. The van der Waals surface area contributed by atoms with Crippen molar-refractivity contribution in [3.8, 4) is 0 Å². The van der Waals surface area contributed by atoms with Crippen LogP contribution in [0, 0.1) is 13.8 Å². The summed E-state index contributed by atoms with van der Waals surface area (Å²) in [6.45, 7) is 6.62. The van der Waals surface area contributed by atoms with Crippen LogP contribution in [0.1, 0.15) is 17.0 Å². The van der Waals surface area contributed by atoms with E-state index in [0.717, 1.165) is 43.4 Å². The number of aryl methyl sites for hydroxylation is 2. The lowest BCUT2D eigenvalue weighted by Gasteiger charge is -2.13. The molecule has 158 valence electrons. The van der Waals surface area contributed by atoms with Gasteiger partial charge in [0.15, 0.2) is 5.96 Å². The summed E-state index contributed by atoms with van der Waals surface area (Å²) in [7, 11) is 1.81. The average molecular weight is 516 g/mol. The van der Waals surface area contributed by atoms with Gasteiger partial charge in [-0.25, -0.2) is 4.98 Å². The number of guanidine groups is 1. The van der Waals surface area contributed by atoms with Gasteiger partial charge in [-0.05, 0) is 49.6 Å². The lowest BCUT2D eigenvalue weighted by atomic mass is 10.1. The van der Waals surface area contributed by atoms with Gasteiger partial charge in [0.1, 0.15) is 5.82 Å². The van der Waals surface area contributed by atoms with Crippen LogP contribution in [-0.4, -0.2) is 40.6 Å². The van der Waals surface area contributed by atoms with Crippen LogP contribution in [-0.2, 0) is 13.0 Å². The summed E-state index contributed by atoms with van der Waals surface area (Å²) in [6, 6.07) is 14.8. The number of fused-ring (bicyclic) bond motifs is 2. The molecule has 0 aliphatic heterocycles. The van der Waals surface area contributed by atoms with Gasteiger partial charge in [0, 0.05) is 43.8 Å². The van der Waals surface area contributed by atoms with Gasteiger partial charge in [0.2, 0.25) is 0 Å².